The van der Waals surface area contributed by atoms with Crippen LogP contribution in [0.2, 0.25) is 0 Å². The third-order valence-electron chi connectivity index (χ3n) is 2.52. The van der Waals surface area contributed by atoms with Gasteiger partial charge in [0, 0.05) is 32.6 Å². The Balaban J connectivity index is 2.32. The molecule has 1 radical (unpaired) electrons. The molecular formula is C9H18N3O3. The fourth-order valence-corrected chi connectivity index (χ4v) is 1.69. The molecule has 87 valence electrons. The minimum absolute atomic E-state index is 0.255. The highest BCUT2D eigenvalue weighted by Crippen LogP contribution is 2.02. The molecule has 1 aliphatic rings. The summed E-state index contributed by atoms with van der Waals surface area (Å²) >= 11 is 0. The molecule has 15 heavy (non-hydrogen) atoms. The zero-order valence-electron chi connectivity index (χ0n) is 8.69. The molecule has 1 amide bonds. The molecule has 2 unspecified atom stereocenters. The SMILES string of the molecule is NC(=O)C1CN(CC(O)CC[O])CCN1. The summed E-state index contributed by atoms with van der Waals surface area (Å²) in [6.45, 7) is 2.11. The van der Waals surface area contributed by atoms with E-state index in [2.05, 4.69) is 5.32 Å². The number of carbonyl (C=O) groups is 1. The number of nitrogens with zero attached hydrogens (tertiary/aromatic N) is 1. The van der Waals surface area contributed by atoms with Crippen molar-refractivity contribution in [2.45, 2.75) is 18.6 Å². The smallest absolute Gasteiger partial charge is 0.235 e. The lowest BCUT2D eigenvalue weighted by Gasteiger charge is -2.33. The molecule has 6 nitrogen and oxygen atoms in total. The summed E-state index contributed by atoms with van der Waals surface area (Å²) in [5, 5.41) is 22.7. The highest BCUT2D eigenvalue weighted by Gasteiger charge is 2.24. The Morgan fingerprint density at radius 1 is 1.67 bits per heavy atom. The molecule has 0 aliphatic carbocycles. The second-order valence-corrected chi connectivity index (χ2v) is 3.82. The summed E-state index contributed by atoms with van der Waals surface area (Å²) in [6.07, 6.45) is -0.348. The Labute approximate surface area is 89.1 Å². The number of hydrogen-bond acceptors (Lipinski definition) is 4. The van der Waals surface area contributed by atoms with Crippen molar-refractivity contribution in [3.8, 4) is 0 Å². The van der Waals surface area contributed by atoms with E-state index in [0.29, 0.717) is 19.6 Å². The molecule has 0 bridgehead atoms. The van der Waals surface area contributed by atoms with Gasteiger partial charge in [0.25, 0.3) is 0 Å². The number of β-amino-alcohol motifs (C(OH)–C–C–N with tert-alkyl or cyclic N) is 1. The van der Waals surface area contributed by atoms with E-state index < -0.39 is 6.10 Å². The first-order valence-electron chi connectivity index (χ1n) is 5.14. The number of hydrogen-bond donors (Lipinski definition) is 3. The van der Waals surface area contributed by atoms with E-state index in [4.69, 9.17) is 5.73 Å². The molecule has 0 aromatic rings. The van der Waals surface area contributed by atoms with Gasteiger partial charge in [-0.3, -0.25) is 9.69 Å². The third-order valence-corrected chi connectivity index (χ3v) is 2.52. The van der Waals surface area contributed by atoms with E-state index in [1.165, 1.54) is 0 Å². The van der Waals surface area contributed by atoms with Gasteiger partial charge < -0.3 is 16.2 Å². The molecule has 6 heteroatoms. The van der Waals surface area contributed by atoms with Gasteiger partial charge in [0.15, 0.2) is 0 Å². The number of carbonyl (C=O) groups excluding carboxylic acids is 1. The molecule has 1 aliphatic heterocycles. The standard InChI is InChI=1S/C9H18N3O3/c10-9(15)8-6-12(3-2-11-8)5-7(14)1-4-13/h7-8,11,14H,1-6H2,(H2,10,15). The maximum absolute atomic E-state index is 10.9. The van der Waals surface area contributed by atoms with Crippen LogP contribution in [0.15, 0.2) is 0 Å². The molecule has 1 rings (SSSR count). The normalized spacial score (nSPS) is 25.1. The summed E-state index contributed by atoms with van der Waals surface area (Å²) < 4.78 is 0. The van der Waals surface area contributed by atoms with Crippen molar-refractivity contribution in [1.29, 1.82) is 0 Å². The number of piperazine rings is 1. The number of nitrogens with two attached hydrogens (primary N) is 1. The van der Waals surface area contributed by atoms with Crippen LogP contribution in [-0.2, 0) is 9.90 Å². The summed E-state index contributed by atoms with van der Waals surface area (Å²) in [7, 11) is 0. The van der Waals surface area contributed by atoms with Crippen molar-refractivity contribution >= 4 is 5.91 Å². The van der Waals surface area contributed by atoms with Gasteiger partial charge in [0.2, 0.25) is 5.91 Å². The summed E-state index contributed by atoms with van der Waals surface area (Å²) in [6, 6.07) is -0.349. The van der Waals surface area contributed by atoms with Gasteiger partial charge in [0.1, 0.15) is 0 Å². The Bertz CT molecular complexity index is 213. The van der Waals surface area contributed by atoms with Crippen LogP contribution in [0.5, 0.6) is 0 Å². The van der Waals surface area contributed by atoms with Crippen molar-refractivity contribution < 1.29 is 15.0 Å². The summed E-state index contributed by atoms with van der Waals surface area (Å²) in [4.78, 5) is 12.9. The summed E-state index contributed by atoms with van der Waals surface area (Å²) in [5.41, 5.74) is 5.18. The Kier molecular flexibility index (Phi) is 4.97. The minimum atomic E-state index is -0.603. The maximum Gasteiger partial charge on any atom is 0.235 e. The Morgan fingerprint density at radius 2 is 2.40 bits per heavy atom. The monoisotopic (exact) mass is 216 g/mol. The molecule has 1 heterocycles. The van der Waals surface area contributed by atoms with E-state index >= 15 is 0 Å². The van der Waals surface area contributed by atoms with E-state index in [9.17, 15) is 15.0 Å². The second kappa shape index (κ2) is 6.02. The zero-order chi connectivity index (χ0) is 11.3. The lowest BCUT2D eigenvalue weighted by atomic mass is 10.1. The molecule has 0 spiro atoms. The highest BCUT2D eigenvalue weighted by atomic mass is 16.3. The van der Waals surface area contributed by atoms with Crippen molar-refractivity contribution in [3.05, 3.63) is 0 Å². The molecule has 4 N–H and O–H groups in total. The second-order valence-electron chi connectivity index (χ2n) is 3.82. The first-order chi connectivity index (χ1) is 7.13. The van der Waals surface area contributed by atoms with E-state index in [1.807, 2.05) is 4.90 Å². The van der Waals surface area contributed by atoms with Crippen LogP contribution in [0, 0.1) is 0 Å². The maximum atomic E-state index is 10.9. The minimum Gasteiger partial charge on any atom is -0.392 e. The largest absolute Gasteiger partial charge is 0.392 e. The Morgan fingerprint density at radius 3 is 3.00 bits per heavy atom. The first-order valence-corrected chi connectivity index (χ1v) is 5.14. The lowest BCUT2D eigenvalue weighted by Crippen LogP contribution is -2.57. The van der Waals surface area contributed by atoms with Gasteiger partial charge in [-0.05, 0) is 0 Å². The first kappa shape index (κ1) is 12.4. The summed E-state index contributed by atoms with van der Waals surface area (Å²) in [5.74, 6) is -0.377. The van der Waals surface area contributed by atoms with E-state index in [-0.39, 0.29) is 25.0 Å². The van der Waals surface area contributed by atoms with Crippen LogP contribution in [0.3, 0.4) is 0 Å². The van der Waals surface area contributed by atoms with Crippen molar-refractivity contribution in [3.63, 3.8) is 0 Å². The van der Waals surface area contributed by atoms with Gasteiger partial charge >= 0.3 is 0 Å². The average Bonchev–Trinajstić information content (AvgIpc) is 2.18. The van der Waals surface area contributed by atoms with Crippen LogP contribution in [0.4, 0.5) is 0 Å². The van der Waals surface area contributed by atoms with Gasteiger partial charge in [-0.1, -0.05) is 0 Å². The molecule has 1 fully saturated rings. The number of aliphatic hydroxyl groups is 1. The fraction of sp³-hybridized carbons (Fsp3) is 0.889. The molecule has 0 saturated carbocycles. The van der Waals surface area contributed by atoms with Gasteiger partial charge in [-0.2, -0.15) is 0 Å². The van der Waals surface area contributed by atoms with Crippen molar-refractivity contribution in [1.82, 2.24) is 10.2 Å². The lowest BCUT2D eigenvalue weighted by molar-refractivity contribution is -0.121. The number of nitrogens with one attached hydrogen (secondary N) is 1. The topological polar surface area (TPSA) is 98.5 Å². The fourth-order valence-electron chi connectivity index (χ4n) is 1.69. The van der Waals surface area contributed by atoms with Crippen LogP contribution in [0.1, 0.15) is 6.42 Å². The van der Waals surface area contributed by atoms with Crippen LogP contribution in [0.25, 0.3) is 0 Å². The molecule has 1 saturated heterocycles. The van der Waals surface area contributed by atoms with Crippen molar-refractivity contribution in [2.24, 2.45) is 5.73 Å². The Hall–Kier alpha value is -0.690. The highest BCUT2D eigenvalue weighted by molar-refractivity contribution is 5.80. The molecule has 2 atom stereocenters. The van der Waals surface area contributed by atoms with E-state index in [1.54, 1.807) is 0 Å². The molecular weight excluding hydrogens is 198 g/mol. The molecule has 0 aromatic carbocycles. The quantitative estimate of drug-likeness (QED) is 0.491. The average molecular weight is 216 g/mol. The number of amides is 1. The van der Waals surface area contributed by atoms with Crippen LogP contribution < -0.4 is 11.1 Å². The van der Waals surface area contributed by atoms with E-state index in [0.717, 1.165) is 6.54 Å². The number of primary amides is 1. The zero-order valence-corrected chi connectivity index (χ0v) is 8.69. The van der Waals surface area contributed by atoms with Gasteiger partial charge in [-0.15, -0.1) is 0 Å². The third kappa shape index (κ3) is 4.13. The van der Waals surface area contributed by atoms with Crippen LogP contribution >= 0.6 is 0 Å². The predicted octanol–water partition coefficient (Wildman–Crippen LogP) is -2.07. The number of aliphatic hydroxyl groups excluding tert-OH is 1. The number of rotatable bonds is 5. The van der Waals surface area contributed by atoms with Gasteiger partial charge in [0.05, 0.1) is 18.8 Å². The van der Waals surface area contributed by atoms with Gasteiger partial charge in [-0.25, -0.2) is 5.11 Å². The van der Waals surface area contributed by atoms with Crippen LogP contribution in [-0.4, -0.2) is 60.8 Å². The molecule has 0 aromatic heterocycles. The predicted molar refractivity (Wildman–Crippen MR) is 53.6 cm³/mol. The van der Waals surface area contributed by atoms with Crippen molar-refractivity contribution in [2.75, 3.05) is 32.8 Å².